The van der Waals surface area contributed by atoms with Crippen molar-refractivity contribution in [1.29, 1.82) is 0 Å². The molecule has 0 aliphatic rings. The molecule has 2 heterocycles. The molecule has 0 bridgehead atoms. The SMILES string of the molecule is Cc1cnccc1CNCc1cncn1C(C)C. The summed E-state index contributed by atoms with van der Waals surface area (Å²) in [5, 5.41) is 3.45. The molecule has 2 aromatic heterocycles. The Labute approximate surface area is 108 Å². The Kier molecular flexibility index (Phi) is 4.10. The summed E-state index contributed by atoms with van der Waals surface area (Å²) in [6.45, 7) is 8.11. The lowest BCUT2D eigenvalue weighted by molar-refractivity contribution is 0.550. The van der Waals surface area contributed by atoms with E-state index in [1.807, 2.05) is 24.9 Å². The first kappa shape index (κ1) is 12.8. The molecule has 0 amide bonds. The van der Waals surface area contributed by atoms with E-state index in [-0.39, 0.29) is 0 Å². The van der Waals surface area contributed by atoms with Crippen molar-refractivity contribution in [3.05, 3.63) is 47.8 Å². The maximum absolute atomic E-state index is 4.20. The predicted octanol–water partition coefficient (Wildman–Crippen LogP) is 2.46. The number of nitrogens with zero attached hydrogens (tertiary/aromatic N) is 3. The van der Waals surface area contributed by atoms with Crippen LogP contribution >= 0.6 is 0 Å². The summed E-state index contributed by atoms with van der Waals surface area (Å²) in [6, 6.07) is 2.51. The normalized spacial score (nSPS) is 11.1. The summed E-state index contributed by atoms with van der Waals surface area (Å²) in [5.74, 6) is 0. The number of pyridine rings is 1. The van der Waals surface area contributed by atoms with Crippen molar-refractivity contribution in [3.8, 4) is 0 Å². The van der Waals surface area contributed by atoms with Crippen molar-refractivity contribution < 1.29 is 0 Å². The number of rotatable bonds is 5. The molecule has 1 N–H and O–H groups in total. The van der Waals surface area contributed by atoms with E-state index in [0.29, 0.717) is 6.04 Å². The predicted molar refractivity (Wildman–Crippen MR) is 72.1 cm³/mol. The van der Waals surface area contributed by atoms with Crippen molar-refractivity contribution >= 4 is 0 Å². The zero-order valence-corrected chi connectivity index (χ0v) is 11.2. The minimum absolute atomic E-state index is 0.451. The summed E-state index contributed by atoms with van der Waals surface area (Å²) < 4.78 is 2.19. The number of hydrogen-bond acceptors (Lipinski definition) is 3. The molecule has 0 spiro atoms. The Morgan fingerprint density at radius 2 is 2.06 bits per heavy atom. The highest BCUT2D eigenvalue weighted by Gasteiger charge is 2.05. The molecule has 4 nitrogen and oxygen atoms in total. The number of aryl methyl sites for hydroxylation is 1. The second kappa shape index (κ2) is 5.78. The van der Waals surface area contributed by atoms with E-state index in [1.165, 1.54) is 16.8 Å². The lowest BCUT2D eigenvalue weighted by Gasteiger charge is -2.12. The highest BCUT2D eigenvalue weighted by Crippen LogP contribution is 2.09. The van der Waals surface area contributed by atoms with Gasteiger partial charge < -0.3 is 9.88 Å². The molecule has 0 aliphatic carbocycles. The van der Waals surface area contributed by atoms with Gasteiger partial charge in [-0.25, -0.2) is 4.98 Å². The Hall–Kier alpha value is -1.68. The van der Waals surface area contributed by atoms with Crippen molar-refractivity contribution in [2.24, 2.45) is 0 Å². The number of hydrogen-bond donors (Lipinski definition) is 1. The van der Waals surface area contributed by atoms with Crippen LogP contribution in [0, 0.1) is 6.92 Å². The van der Waals surface area contributed by atoms with Crippen LogP contribution in [0.4, 0.5) is 0 Å². The van der Waals surface area contributed by atoms with E-state index in [1.54, 1.807) is 0 Å². The van der Waals surface area contributed by atoms with E-state index < -0.39 is 0 Å². The molecular formula is C14H20N4. The van der Waals surface area contributed by atoms with Gasteiger partial charge >= 0.3 is 0 Å². The summed E-state index contributed by atoms with van der Waals surface area (Å²) >= 11 is 0. The molecule has 0 aromatic carbocycles. The van der Waals surface area contributed by atoms with Gasteiger partial charge in [0.05, 0.1) is 12.0 Å². The minimum atomic E-state index is 0.451. The fraction of sp³-hybridized carbons (Fsp3) is 0.429. The van der Waals surface area contributed by atoms with Crippen molar-refractivity contribution in [3.63, 3.8) is 0 Å². The highest BCUT2D eigenvalue weighted by atomic mass is 15.1. The van der Waals surface area contributed by atoms with E-state index in [2.05, 4.69) is 46.7 Å². The van der Waals surface area contributed by atoms with Crippen LogP contribution in [0.25, 0.3) is 0 Å². The first-order valence-electron chi connectivity index (χ1n) is 6.29. The fourth-order valence-electron chi connectivity index (χ4n) is 1.96. The third kappa shape index (κ3) is 2.96. The van der Waals surface area contributed by atoms with Gasteiger partial charge in [-0.05, 0) is 38.0 Å². The van der Waals surface area contributed by atoms with Crippen LogP contribution in [0.3, 0.4) is 0 Å². The van der Waals surface area contributed by atoms with E-state index in [4.69, 9.17) is 0 Å². The molecule has 0 aliphatic heterocycles. The molecule has 2 aromatic rings. The van der Waals surface area contributed by atoms with Crippen LogP contribution in [0.1, 0.15) is 36.7 Å². The van der Waals surface area contributed by atoms with Gasteiger partial charge in [-0.15, -0.1) is 0 Å². The summed E-state index contributed by atoms with van der Waals surface area (Å²) in [6.07, 6.45) is 7.55. The molecule has 0 unspecified atom stereocenters. The van der Waals surface area contributed by atoms with Gasteiger partial charge in [0.25, 0.3) is 0 Å². The largest absolute Gasteiger partial charge is 0.331 e. The molecule has 0 saturated carbocycles. The fourth-order valence-corrected chi connectivity index (χ4v) is 1.96. The number of aromatic nitrogens is 3. The molecule has 2 rings (SSSR count). The van der Waals surface area contributed by atoms with Gasteiger partial charge in [0.1, 0.15) is 0 Å². The van der Waals surface area contributed by atoms with Crippen LogP contribution in [-0.4, -0.2) is 14.5 Å². The van der Waals surface area contributed by atoms with Crippen molar-refractivity contribution in [2.45, 2.75) is 39.9 Å². The standard InChI is InChI=1S/C14H20N4/c1-11(2)18-10-17-9-14(18)8-16-7-13-4-5-15-6-12(13)3/h4-6,9-11,16H,7-8H2,1-3H3. The molecule has 96 valence electrons. The van der Waals surface area contributed by atoms with Gasteiger partial charge in [-0.1, -0.05) is 0 Å². The number of nitrogens with one attached hydrogen (secondary N) is 1. The Balaban J connectivity index is 1.93. The topological polar surface area (TPSA) is 42.7 Å². The molecular weight excluding hydrogens is 224 g/mol. The van der Waals surface area contributed by atoms with Crippen LogP contribution in [0.15, 0.2) is 31.0 Å². The van der Waals surface area contributed by atoms with Gasteiger partial charge in [0.2, 0.25) is 0 Å². The third-order valence-electron chi connectivity index (χ3n) is 3.06. The molecule has 4 heteroatoms. The zero-order valence-electron chi connectivity index (χ0n) is 11.2. The maximum atomic E-state index is 4.20. The second-order valence-corrected chi connectivity index (χ2v) is 4.79. The summed E-state index contributed by atoms with van der Waals surface area (Å²) in [7, 11) is 0. The van der Waals surface area contributed by atoms with E-state index in [0.717, 1.165) is 13.1 Å². The highest BCUT2D eigenvalue weighted by molar-refractivity contribution is 5.21. The number of imidazole rings is 1. The van der Waals surface area contributed by atoms with Crippen LogP contribution in [0.2, 0.25) is 0 Å². The lowest BCUT2D eigenvalue weighted by atomic mass is 10.1. The van der Waals surface area contributed by atoms with Gasteiger partial charge in [0.15, 0.2) is 0 Å². The van der Waals surface area contributed by atoms with Crippen molar-refractivity contribution in [2.75, 3.05) is 0 Å². The van der Waals surface area contributed by atoms with E-state index in [9.17, 15) is 0 Å². The quantitative estimate of drug-likeness (QED) is 0.878. The van der Waals surface area contributed by atoms with Gasteiger partial charge in [-0.3, -0.25) is 4.98 Å². The maximum Gasteiger partial charge on any atom is 0.0951 e. The Morgan fingerprint density at radius 3 is 2.78 bits per heavy atom. The molecule has 0 radical (unpaired) electrons. The van der Waals surface area contributed by atoms with E-state index >= 15 is 0 Å². The Bertz CT molecular complexity index is 502. The first-order valence-corrected chi connectivity index (χ1v) is 6.29. The third-order valence-corrected chi connectivity index (χ3v) is 3.06. The van der Waals surface area contributed by atoms with Gasteiger partial charge in [-0.2, -0.15) is 0 Å². The summed E-state index contributed by atoms with van der Waals surface area (Å²) in [4.78, 5) is 8.30. The average Bonchev–Trinajstić information content (AvgIpc) is 2.80. The van der Waals surface area contributed by atoms with Crippen molar-refractivity contribution in [1.82, 2.24) is 19.9 Å². The molecule has 0 saturated heterocycles. The Morgan fingerprint density at radius 1 is 1.22 bits per heavy atom. The smallest absolute Gasteiger partial charge is 0.0951 e. The second-order valence-electron chi connectivity index (χ2n) is 4.79. The van der Waals surface area contributed by atoms with Crippen LogP contribution in [0.5, 0.6) is 0 Å². The lowest BCUT2D eigenvalue weighted by Crippen LogP contribution is -2.17. The zero-order chi connectivity index (χ0) is 13.0. The molecule has 18 heavy (non-hydrogen) atoms. The average molecular weight is 244 g/mol. The van der Waals surface area contributed by atoms with Crippen LogP contribution in [-0.2, 0) is 13.1 Å². The summed E-state index contributed by atoms with van der Waals surface area (Å²) in [5.41, 5.74) is 3.74. The van der Waals surface area contributed by atoms with Gasteiger partial charge in [0, 0.05) is 37.7 Å². The monoisotopic (exact) mass is 244 g/mol. The molecule has 0 fully saturated rings. The molecule has 0 atom stereocenters. The first-order chi connectivity index (χ1) is 8.68. The minimum Gasteiger partial charge on any atom is -0.331 e. The van der Waals surface area contributed by atoms with Crippen LogP contribution < -0.4 is 5.32 Å².